The predicted molar refractivity (Wildman–Crippen MR) is 121 cm³/mol. The van der Waals surface area contributed by atoms with Crippen LogP contribution in [0, 0.1) is 10.1 Å². The van der Waals surface area contributed by atoms with Crippen molar-refractivity contribution >= 4 is 33.2 Å². The zero-order valence-electron chi connectivity index (χ0n) is 18.0. The van der Waals surface area contributed by atoms with Gasteiger partial charge in [-0.2, -0.15) is 0 Å². The highest BCUT2D eigenvalue weighted by atomic mass is 32.2. The van der Waals surface area contributed by atoms with Gasteiger partial charge in [-0.25, -0.2) is 8.42 Å². The Morgan fingerprint density at radius 1 is 1.12 bits per heavy atom. The Labute approximate surface area is 191 Å². The van der Waals surface area contributed by atoms with Crippen LogP contribution in [-0.4, -0.2) is 62.8 Å². The van der Waals surface area contributed by atoms with Crippen molar-refractivity contribution in [2.75, 3.05) is 31.4 Å². The lowest BCUT2D eigenvalue weighted by molar-refractivity contribution is -0.385. The Bertz CT molecular complexity index is 1150. The van der Waals surface area contributed by atoms with Gasteiger partial charge in [0.2, 0.25) is 5.91 Å². The molecule has 0 saturated carbocycles. The van der Waals surface area contributed by atoms with Crippen molar-refractivity contribution in [3.8, 4) is 0 Å². The van der Waals surface area contributed by atoms with Gasteiger partial charge in [0.1, 0.15) is 0 Å². The second-order valence-corrected chi connectivity index (χ2v) is 9.29. The molecule has 0 unspecified atom stereocenters. The van der Waals surface area contributed by atoms with E-state index >= 15 is 0 Å². The summed E-state index contributed by atoms with van der Waals surface area (Å²) in [6.45, 7) is 1.61. The van der Waals surface area contributed by atoms with Gasteiger partial charge in [0.15, 0.2) is 0 Å². The van der Waals surface area contributed by atoms with E-state index in [1.807, 2.05) is 4.90 Å². The van der Waals surface area contributed by atoms with E-state index in [1.54, 1.807) is 19.2 Å². The number of benzene rings is 2. The third kappa shape index (κ3) is 6.26. The van der Waals surface area contributed by atoms with Crippen LogP contribution in [0.4, 0.5) is 11.4 Å². The molecule has 11 nitrogen and oxygen atoms in total. The van der Waals surface area contributed by atoms with E-state index in [1.165, 1.54) is 30.3 Å². The van der Waals surface area contributed by atoms with Crippen LogP contribution in [0.3, 0.4) is 0 Å². The van der Waals surface area contributed by atoms with Gasteiger partial charge in [-0.1, -0.05) is 18.2 Å². The Kier molecular flexibility index (Phi) is 7.61. The Balaban J connectivity index is 1.69. The summed E-state index contributed by atoms with van der Waals surface area (Å²) in [5.41, 5.74) is -0.149. The molecule has 0 radical (unpaired) electrons. The van der Waals surface area contributed by atoms with Gasteiger partial charge in [-0.3, -0.25) is 29.3 Å². The van der Waals surface area contributed by atoms with Gasteiger partial charge in [0.25, 0.3) is 21.6 Å². The van der Waals surface area contributed by atoms with Gasteiger partial charge >= 0.3 is 0 Å². The first-order valence-corrected chi connectivity index (χ1v) is 11.8. The highest BCUT2D eigenvalue weighted by Crippen LogP contribution is 2.23. The molecule has 1 aliphatic rings. The standard InChI is InChI=1S/C21H25N5O6S/c1-22-20(27)14-25-11-9-15(10-12-25)23-21(28)18-7-2-3-8-19(18)24-33(31,32)17-6-4-5-16(13-17)26(29)30/h2-8,13,15,24H,9-12,14H2,1H3,(H,22,27)(H,23,28). The Morgan fingerprint density at radius 3 is 2.48 bits per heavy atom. The van der Waals surface area contributed by atoms with Crippen molar-refractivity contribution in [3.63, 3.8) is 0 Å². The number of likely N-dealkylation sites (N-methyl/N-ethyl adjacent to an activating group) is 1. The third-order valence-electron chi connectivity index (χ3n) is 5.32. The molecule has 33 heavy (non-hydrogen) atoms. The first kappa shape index (κ1) is 24.1. The monoisotopic (exact) mass is 475 g/mol. The number of para-hydroxylation sites is 1. The van der Waals surface area contributed by atoms with E-state index in [9.17, 15) is 28.1 Å². The van der Waals surface area contributed by atoms with Crippen LogP contribution in [0.1, 0.15) is 23.2 Å². The highest BCUT2D eigenvalue weighted by Gasteiger charge is 2.24. The molecule has 1 fully saturated rings. The number of hydrogen-bond donors (Lipinski definition) is 3. The smallest absolute Gasteiger partial charge is 0.270 e. The summed E-state index contributed by atoms with van der Waals surface area (Å²) < 4.78 is 27.9. The van der Waals surface area contributed by atoms with E-state index in [0.29, 0.717) is 32.5 Å². The molecule has 3 N–H and O–H groups in total. The van der Waals surface area contributed by atoms with Gasteiger partial charge < -0.3 is 10.6 Å². The lowest BCUT2D eigenvalue weighted by atomic mass is 10.0. The summed E-state index contributed by atoms with van der Waals surface area (Å²) in [5, 5.41) is 16.5. The average Bonchev–Trinajstić information content (AvgIpc) is 2.80. The van der Waals surface area contributed by atoms with Gasteiger partial charge in [0, 0.05) is 38.3 Å². The van der Waals surface area contributed by atoms with E-state index in [2.05, 4.69) is 15.4 Å². The predicted octanol–water partition coefficient (Wildman–Crippen LogP) is 1.34. The minimum absolute atomic E-state index is 0.0672. The molecule has 1 saturated heterocycles. The second kappa shape index (κ2) is 10.4. The zero-order valence-corrected chi connectivity index (χ0v) is 18.8. The number of carbonyl (C=O) groups is 2. The summed E-state index contributed by atoms with van der Waals surface area (Å²) in [6.07, 6.45) is 1.31. The van der Waals surface area contributed by atoms with E-state index in [-0.39, 0.29) is 33.8 Å². The lowest BCUT2D eigenvalue weighted by Gasteiger charge is -2.31. The number of rotatable bonds is 8. The number of likely N-dealkylation sites (tertiary alicyclic amines) is 1. The SMILES string of the molecule is CNC(=O)CN1CCC(NC(=O)c2ccccc2NS(=O)(=O)c2cccc([N+](=O)[O-])c2)CC1. The molecule has 1 heterocycles. The van der Waals surface area contributed by atoms with Crippen molar-refractivity contribution < 1.29 is 22.9 Å². The van der Waals surface area contributed by atoms with Crippen molar-refractivity contribution in [2.45, 2.75) is 23.8 Å². The fourth-order valence-corrected chi connectivity index (χ4v) is 4.64. The summed E-state index contributed by atoms with van der Waals surface area (Å²) in [5.74, 6) is -0.500. The van der Waals surface area contributed by atoms with Gasteiger partial charge in [-0.05, 0) is 31.0 Å². The minimum atomic E-state index is -4.16. The van der Waals surface area contributed by atoms with Gasteiger partial charge in [-0.15, -0.1) is 0 Å². The molecule has 2 aromatic carbocycles. The van der Waals surface area contributed by atoms with Crippen molar-refractivity contribution in [3.05, 3.63) is 64.2 Å². The molecule has 0 aromatic heterocycles. The summed E-state index contributed by atoms with van der Waals surface area (Å²) in [7, 11) is -2.58. The minimum Gasteiger partial charge on any atom is -0.358 e. The molecule has 0 atom stereocenters. The number of sulfonamides is 1. The lowest BCUT2D eigenvalue weighted by Crippen LogP contribution is -2.47. The number of carbonyl (C=O) groups excluding carboxylic acids is 2. The van der Waals surface area contributed by atoms with E-state index in [4.69, 9.17) is 0 Å². The maximum absolute atomic E-state index is 12.9. The molecule has 12 heteroatoms. The number of hydrogen-bond acceptors (Lipinski definition) is 7. The van der Waals surface area contributed by atoms with Crippen molar-refractivity contribution in [1.29, 1.82) is 0 Å². The molecule has 176 valence electrons. The van der Waals surface area contributed by atoms with Crippen LogP contribution in [0.15, 0.2) is 53.4 Å². The molecule has 0 spiro atoms. The number of amides is 2. The number of piperidine rings is 1. The van der Waals surface area contributed by atoms with Crippen LogP contribution >= 0.6 is 0 Å². The molecular weight excluding hydrogens is 450 g/mol. The topological polar surface area (TPSA) is 151 Å². The number of nitro groups is 1. The molecule has 0 bridgehead atoms. The number of non-ortho nitro benzene ring substituents is 1. The largest absolute Gasteiger partial charge is 0.358 e. The Morgan fingerprint density at radius 2 is 1.82 bits per heavy atom. The fraction of sp³-hybridized carbons (Fsp3) is 0.333. The fourth-order valence-electron chi connectivity index (χ4n) is 3.52. The summed E-state index contributed by atoms with van der Waals surface area (Å²) in [4.78, 5) is 36.4. The molecule has 2 amide bonds. The third-order valence-corrected chi connectivity index (χ3v) is 6.69. The first-order valence-electron chi connectivity index (χ1n) is 10.3. The zero-order chi connectivity index (χ0) is 24.0. The summed E-state index contributed by atoms with van der Waals surface area (Å²) in [6, 6.07) is 10.7. The highest BCUT2D eigenvalue weighted by molar-refractivity contribution is 7.92. The van der Waals surface area contributed by atoms with Crippen LogP contribution in [0.2, 0.25) is 0 Å². The van der Waals surface area contributed by atoms with Crippen LogP contribution in [-0.2, 0) is 14.8 Å². The van der Waals surface area contributed by atoms with Crippen LogP contribution in [0.25, 0.3) is 0 Å². The van der Waals surface area contributed by atoms with E-state index < -0.39 is 20.9 Å². The summed E-state index contributed by atoms with van der Waals surface area (Å²) >= 11 is 0. The number of nitro benzene ring substituents is 1. The molecular formula is C21H25N5O6S. The maximum atomic E-state index is 12.9. The van der Waals surface area contributed by atoms with Crippen LogP contribution in [0.5, 0.6) is 0 Å². The number of nitrogens with zero attached hydrogens (tertiary/aromatic N) is 2. The number of nitrogens with one attached hydrogen (secondary N) is 3. The Hall–Kier alpha value is -3.51. The normalized spacial score (nSPS) is 14.9. The van der Waals surface area contributed by atoms with E-state index in [0.717, 1.165) is 6.07 Å². The van der Waals surface area contributed by atoms with Gasteiger partial charge in [0.05, 0.1) is 27.6 Å². The van der Waals surface area contributed by atoms with Crippen molar-refractivity contribution in [2.24, 2.45) is 0 Å². The molecule has 1 aliphatic heterocycles. The van der Waals surface area contributed by atoms with Crippen LogP contribution < -0.4 is 15.4 Å². The molecule has 0 aliphatic carbocycles. The number of anilines is 1. The average molecular weight is 476 g/mol. The quantitative estimate of drug-likeness (QED) is 0.385. The first-order chi connectivity index (χ1) is 15.7. The maximum Gasteiger partial charge on any atom is 0.270 e. The molecule has 3 rings (SSSR count). The molecule has 2 aromatic rings. The van der Waals surface area contributed by atoms with Crippen molar-refractivity contribution in [1.82, 2.24) is 15.5 Å². The second-order valence-electron chi connectivity index (χ2n) is 7.60.